The fourth-order valence-corrected chi connectivity index (χ4v) is 4.65. The average molecular weight is 496 g/mol. The molecule has 1 atom stereocenters. The molecule has 2 aliphatic rings. The number of fused-ring (bicyclic) bond motifs is 1. The van der Waals surface area contributed by atoms with Crippen LogP contribution in [0.15, 0.2) is 57.8 Å². The number of hydrogen-bond donors (Lipinski definition) is 2. The lowest BCUT2D eigenvalue weighted by Gasteiger charge is -2.28. The van der Waals surface area contributed by atoms with E-state index in [1.54, 1.807) is 12.3 Å². The third kappa shape index (κ3) is 6.41. The van der Waals surface area contributed by atoms with Gasteiger partial charge in [-0.2, -0.15) is 0 Å². The molecule has 0 heterocycles. The molecule has 2 aliphatic carbocycles. The number of halogens is 3. The third-order valence-electron chi connectivity index (χ3n) is 7.38. The second-order valence-corrected chi connectivity index (χ2v) is 9.62. The van der Waals surface area contributed by atoms with Crippen LogP contribution >= 0.6 is 0 Å². The van der Waals surface area contributed by atoms with Crippen molar-refractivity contribution in [3.8, 4) is 0 Å². The molecule has 0 bridgehead atoms. The zero-order valence-corrected chi connectivity index (χ0v) is 21.4. The highest BCUT2D eigenvalue weighted by Crippen LogP contribution is 2.41. The lowest BCUT2D eigenvalue weighted by atomic mass is 9.77. The van der Waals surface area contributed by atoms with Crippen molar-refractivity contribution in [1.82, 2.24) is 0 Å². The molecular formula is C30H36F3N3. The van der Waals surface area contributed by atoms with Gasteiger partial charge in [0.25, 0.3) is 6.43 Å². The molecule has 0 spiro atoms. The van der Waals surface area contributed by atoms with E-state index in [-0.39, 0.29) is 11.5 Å². The summed E-state index contributed by atoms with van der Waals surface area (Å²) in [4.78, 5) is 4.69. The van der Waals surface area contributed by atoms with E-state index >= 15 is 0 Å². The van der Waals surface area contributed by atoms with Crippen molar-refractivity contribution in [1.29, 1.82) is 10.8 Å². The summed E-state index contributed by atoms with van der Waals surface area (Å²) in [6, 6.07) is 4.73. The first-order chi connectivity index (χ1) is 17.3. The molecule has 3 rings (SSSR count). The van der Waals surface area contributed by atoms with Crippen molar-refractivity contribution in [2.75, 3.05) is 6.67 Å². The highest BCUT2D eigenvalue weighted by atomic mass is 19.3. The first-order valence-electron chi connectivity index (χ1n) is 12.8. The molecule has 2 N–H and O–H groups in total. The van der Waals surface area contributed by atoms with Gasteiger partial charge in [-0.25, -0.2) is 8.78 Å². The molecule has 1 fully saturated rings. The summed E-state index contributed by atoms with van der Waals surface area (Å²) in [6.07, 6.45) is 8.96. The van der Waals surface area contributed by atoms with Crippen LogP contribution < -0.4 is 0 Å². The summed E-state index contributed by atoms with van der Waals surface area (Å²) in [5, 5.41) is 16.2. The lowest BCUT2D eigenvalue weighted by molar-refractivity contribution is 0.151. The zero-order chi connectivity index (χ0) is 26.2. The maximum Gasteiger partial charge on any atom is 0.263 e. The molecule has 0 saturated heterocycles. The number of alkyl halides is 3. The minimum absolute atomic E-state index is 0.0635. The SMILES string of the molecule is CCC(C=NC(C)=C1C=C(C2CCC2)Cc2ccc(C(F)F)cc2C1=C=N)=CCC(=N)C(CC)CF. The summed E-state index contributed by atoms with van der Waals surface area (Å²) in [7, 11) is 0. The fraction of sp³-hybridized carbons (Fsp3) is 0.467. The van der Waals surface area contributed by atoms with Gasteiger partial charge in [-0.15, -0.1) is 0 Å². The normalized spacial score (nSPS) is 18.9. The summed E-state index contributed by atoms with van der Waals surface area (Å²) in [6.45, 7) is 5.23. The van der Waals surface area contributed by atoms with Crippen LogP contribution in [0, 0.1) is 22.7 Å². The van der Waals surface area contributed by atoms with Gasteiger partial charge in [-0.1, -0.05) is 50.1 Å². The van der Waals surface area contributed by atoms with Gasteiger partial charge in [-0.3, -0.25) is 14.8 Å². The van der Waals surface area contributed by atoms with Crippen molar-refractivity contribution < 1.29 is 13.2 Å². The van der Waals surface area contributed by atoms with E-state index < -0.39 is 13.1 Å². The Labute approximate surface area is 212 Å². The van der Waals surface area contributed by atoms with Gasteiger partial charge in [0.15, 0.2) is 0 Å². The van der Waals surface area contributed by atoms with E-state index in [1.165, 1.54) is 24.1 Å². The maximum atomic E-state index is 13.5. The molecule has 1 saturated carbocycles. The predicted molar refractivity (Wildman–Crippen MR) is 143 cm³/mol. The topological polar surface area (TPSA) is 60.1 Å². The first-order valence-corrected chi connectivity index (χ1v) is 12.8. The van der Waals surface area contributed by atoms with Gasteiger partial charge in [0.05, 0.1) is 12.2 Å². The Morgan fingerprint density at radius 1 is 1.25 bits per heavy atom. The molecule has 192 valence electrons. The molecule has 1 aromatic carbocycles. The molecule has 3 nitrogen and oxygen atoms in total. The molecule has 0 aliphatic heterocycles. The molecule has 1 unspecified atom stereocenters. The Morgan fingerprint density at radius 2 is 2.00 bits per heavy atom. The van der Waals surface area contributed by atoms with Crippen LogP contribution in [0.4, 0.5) is 13.2 Å². The zero-order valence-electron chi connectivity index (χ0n) is 21.4. The summed E-state index contributed by atoms with van der Waals surface area (Å²) >= 11 is 0. The Bertz CT molecular complexity index is 1140. The molecular weight excluding hydrogens is 459 g/mol. The smallest absolute Gasteiger partial charge is 0.263 e. The van der Waals surface area contributed by atoms with Crippen molar-refractivity contribution >= 4 is 23.4 Å². The van der Waals surface area contributed by atoms with Crippen molar-refractivity contribution in [3.05, 3.63) is 69.5 Å². The van der Waals surface area contributed by atoms with Gasteiger partial charge >= 0.3 is 0 Å². The monoisotopic (exact) mass is 495 g/mol. The van der Waals surface area contributed by atoms with E-state index in [0.29, 0.717) is 54.1 Å². The second kappa shape index (κ2) is 12.8. The third-order valence-corrected chi connectivity index (χ3v) is 7.38. The van der Waals surface area contributed by atoms with E-state index in [4.69, 9.17) is 15.8 Å². The molecule has 6 heteroatoms. The number of aliphatic imine (C=N–C) groups is 1. The van der Waals surface area contributed by atoms with Gasteiger partial charge in [-0.05, 0) is 73.6 Å². The van der Waals surface area contributed by atoms with E-state index in [9.17, 15) is 13.2 Å². The first kappa shape index (κ1) is 27.6. The van der Waals surface area contributed by atoms with Crippen LogP contribution in [0.1, 0.15) is 82.4 Å². The lowest BCUT2D eigenvalue weighted by Crippen LogP contribution is -2.15. The second-order valence-electron chi connectivity index (χ2n) is 9.62. The molecule has 0 amide bonds. The van der Waals surface area contributed by atoms with Crippen LogP contribution in [-0.4, -0.2) is 24.5 Å². The van der Waals surface area contributed by atoms with Crippen molar-refractivity contribution in [2.45, 2.75) is 72.1 Å². The van der Waals surface area contributed by atoms with Crippen LogP contribution in [-0.2, 0) is 6.42 Å². The maximum absolute atomic E-state index is 13.5. The number of nitrogens with one attached hydrogen (secondary N) is 2. The molecule has 36 heavy (non-hydrogen) atoms. The van der Waals surface area contributed by atoms with Crippen molar-refractivity contribution in [3.63, 3.8) is 0 Å². The molecule has 0 radical (unpaired) electrons. The van der Waals surface area contributed by atoms with Gasteiger partial charge < -0.3 is 5.41 Å². The summed E-state index contributed by atoms with van der Waals surface area (Å²) in [5.41, 5.74) is 5.96. The van der Waals surface area contributed by atoms with Gasteiger partial charge in [0.1, 0.15) is 0 Å². The number of benzene rings is 1. The Morgan fingerprint density at radius 3 is 2.56 bits per heavy atom. The number of allylic oxidation sites excluding steroid dienone is 7. The van der Waals surface area contributed by atoms with Crippen molar-refractivity contribution in [2.24, 2.45) is 16.8 Å². The average Bonchev–Trinajstić information content (AvgIpc) is 2.99. The highest BCUT2D eigenvalue weighted by molar-refractivity contribution is 6.01. The minimum Gasteiger partial charge on any atom is -0.309 e. The fourth-order valence-electron chi connectivity index (χ4n) is 4.65. The Hall–Kier alpha value is -2.98. The summed E-state index contributed by atoms with van der Waals surface area (Å²) in [5.74, 6) is 2.64. The van der Waals surface area contributed by atoms with Crippen LogP contribution in [0.2, 0.25) is 0 Å². The minimum atomic E-state index is -2.59. The standard InChI is InChI=1S/C30H36F3N3/c1-4-20(9-12-29(35)21(5-2)16-31)18-36-19(3)26-15-25(22-7-6-8-22)13-23-10-11-24(30(32)33)14-27(23)28(26)17-34/h9-11,14-15,18,21-22,30,34-35H,4-8,12-13,16H2,1-3H3. The summed E-state index contributed by atoms with van der Waals surface area (Å²) < 4.78 is 40.1. The van der Waals surface area contributed by atoms with E-state index in [1.807, 2.05) is 26.8 Å². The quantitative estimate of drug-likeness (QED) is 0.305. The number of nitrogens with zero attached hydrogens (tertiary/aromatic N) is 1. The number of hydrogen-bond acceptors (Lipinski definition) is 3. The Kier molecular flexibility index (Phi) is 9.83. The van der Waals surface area contributed by atoms with Crippen LogP contribution in [0.3, 0.4) is 0 Å². The largest absolute Gasteiger partial charge is 0.309 e. The highest BCUT2D eigenvalue weighted by Gasteiger charge is 2.27. The van der Waals surface area contributed by atoms with Gasteiger partial charge in [0.2, 0.25) is 0 Å². The van der Waals surface area contributed by atoms with Gasteiger partial charge in [0, 0.05) is 41.1 Å². The predicted octanol–water partition coefficient (Wildman–Crippen LogP) is 8.63. The van der Waals surface area contributed by atoms with E-state index in [0.717, 1.165) is 29.6 Å². The molecule has 1 aromatic rings. The van der Waals surface area contributed by atoms with Crippen LogP contribution in [0.25, 0.3) is 5.57 Å². The Balaban J connectivity index is 2.01. The van der Waals surface area contributed by atoms with Crippen LogP contribution in [0.5, 0.6) is 0 Å². The molecule has 0 aromatic heterocycles. The number of rotatable bonds is 10. The van der Waals surface area contributed by atoms with E-state index in [2.05, 4.69) is 11.9 Å².